The number of rotatable bonds is 3. The van der Waals surface area contributed by atoms with Gasteiger partial charge in [-0.3, -0.25) is 0 Å². The average molecular weight is 186 g/mol. The number of phenolic OH excluding ortho intramolecular Hbond substituents is 2. The summed E-state index contributed by atoms with van der Waals surface area (Å²) < 4.78 is 12.8. The molecule has 0 saturated heterocycles. The lowest BCUT2D eigenvalue weighted by Crippen LogP contribution is -1.90. The molecule has 0 unspecified atom stereocenters. The molecule has 1 aromatic rings. The number of hydrogen-bond donors (Lipinski definition) is 3. The molecular weight excluding hydrogens is 175 g/mol. The molecule has 3 N–H and O–H groups in total. The Balaban J connectivity index is 2.86. The largest absolute Gasteiger partial charge is 0.504 e. The summed E-state index contributed by atoms with van der Waals surface area (Å²) in [5.74, 6) is -2.03. The van der Waals surface area contributed by atoms with E-state index in [0.717, 1.165) is 6.07 Å². The summed E-state index contributed by atoms with van der Waals surface area (Å²) in [4.78, 5) is 0. The molecule has 1 rings (SSSR count). The molecule has 0 radical (unpaired) electrons. The Labute approximate surface area is 75.1 Å². The Morgan fingerprint density at radius 2 is 1.92 bits per heavy atom. The van der Waals surface area contributed by atoms with E-state index in [9.17, 15) is 4.39 Å². The first kappa shape index (κ1) is 9.80. The number of aliphatic hydroxyl groups excluding tert-OH is 1. The Morgan fingerprint density at radius 1 is 1.23 bits per heavy atom. The highest BCUT2D eigenvalue weighted by molar-refractivity contribution is 5.41. The second-order valence-electron chi connectivity index (χ2n) is 2.77. The number of aromatic hydroxyl groups is 2. The molecule has 0 fully saturated rings. The van der Waals surface area contributed by atoms with Crippen molar-refractivity contribution in [3.05, 3.63) is 23.5 Å². The maximum Gasteiger partial charge on any atom is 0.194 e. The number of benzene rings is 1. The van der Waals surface area contributed by atoms with Crippen LogP contribution < -0.4 is 0 Å². The van der Waals surface area contributed by atoms with E-state index in [1.807, 2.05) is 0 Å². The predicted octanol–water partition coefficient (Wildman–Crippen LogP) is 1.16. The number of phenols is 2. The lowest BCUT2D eigenvalue weighted by Gasteiger charge is -2.03. The van der Waals surface area contributed by atoms with Crippen molar-refractivity contribution in [1.29, 1.82) is 0 Å². The molecule has 0 amide bonds. The van der Waals surface area contributed by atoms with E-state index in [-0.39, 0.29) is 6.61 Å². The van der Waals surface area contributed by atoms with Crippen LogP contribution in [0.5, 0.6) is 11.5 Å². The highest BCUT2D eigenvalue weighted by Gasteiger charge is 2.07. The Hall–Kier alpha value is -1.29. The molecule has 0 aliphatic heterocycles. The Kier molecular flexibility index (Phi) is 3.08. The minimum absolute atomic E-state index is 0.0171. The van der Waals surface area contributed by atoms with E-state index in [4.69, 9.17) is 15.3 Å². The van der Waals surface area contributed by atoms with Gasteiger partial charge in [0.15, 0.2) is 17.3 Å². The van der Waals surface area contributed by atoms with E-state index in [1.54, 1.807) is 0 Å². The van der Waals surface area contributed by atoms with Gasteiger partial charge in [0, 0.05) is 6.61 Å². The van der Waals surface area contributed by atoms with Crippen molar-refractivity contribution in [2.24, 2.45) is 0 Å². The van der Waals surface area contributed by atoms with Crippen LogP contribution >= 0.6 is 0 Å². The van der Waals surface area contributed by atoms with Gasteiger partial charge in [-0.2, -0.15) is 0 Å². The fraction of sp³-hybridized carbons (Fsp3) is 0.333. The van der Waals surface area contributed by atoms with Crippen LogP contribution in [0, 0.1) is 5.82 Å². The van der Waals surface area contributed by atoms with Gasteiger partial charge < -0.3 is 15.3 Å². The minimum Gasteiger partial charge on any atom is -0.504 e. The topological polar surface area (TPSA) is 60.7 Å². The van der Waals surface area contributed by atoms with E-state index >= 15 is 0 Å². The summed E-state index contributed by atoms with van der Waals surface area (Å²) in [6, 6.07) is 2.43. The molecule has 0 saturated carbocycles. The molecule has 0 spiro atoms. The summed E-state index contributed by atoms with van der Waals surface area (Å²) in [7, 11) is 0. The second-order valence-corrected chi connectivity index (χ2v) is 2.77. The molecule has 1 aromatic carbocycles. The van der Waals surface area contributed by atoms with Gasteiger partial charge in [-0.15, -0.1) is 0 Å². The van der Waals surface area contributed by atoms with Crippen LogP contribution in [0.1, 0.15) is 12.0 Å². The van der Waals surface area contributed by atoms with E-state index in [0.29, 0.717) is 18.4 Å². The van der Waals surface area contributed by atoms with Crippen molar-refractivity contribution < 1.29 is 19.7 Å². The van der Waals surface area contributed by atoms with Crippen molar-refractivity contribution >= 4 is 0 Å². The number of aliphatic hydroxyl groups is 1. The van der Waals surface area contributed by atoms with Gasteiger partial charge in [-0.25, -0.2) is 4.39 Å². The maximum atomic E-state index is 12.8. The zero-order valence-corrected chi connectivity index (χ0v) is 7.00. The standard InChI is InChI=1S/C9H11FO3/c10-7-4-6(2-1-3-11)5-8(12)9(7)13/h4-5,11-13H,1-3H2. The quantitative estimate of drug-likeness (QED) is 0.621. The van der Waals surface area contributed by atoms with E-state index in [1.165, 1.54) is 6.07 Å². The molecule has 72 valence electrons. The number of aryl methyl sites for hydroxylation is 1. The summed E-state index contributed by atoms with van der Waals surface area (Å²) in [5.41, 5.74) is 0.557. The summed E-state index contributed by atoms with van der Waals surface area (Å²) in [6.45, 7) is 0.0171. The second kappa shape index (κ2) is 4.09. The summed E-state index contributed by atoms with van der Waals surface area (Å²) in [5, 5.41) is 26.4. The molecule has 0 aromatic heterocycles. The monoisotopic (exact) mass is 186 g/mol. The van der Waals surface area contributed by atoms with Crippen LogP contribution in [0.4, 0.5) is 4.39 Å². The van der Waals surface area contributed by atoms with Crippen LogP contribution in [0.3, 0.4) is 0 Å². The van der Waals surface area contributed by atoms with Crippen molar-refractivity contribution in [1.82, 2.24) is 0 Å². The van der Waals surface area contributed by atoms with Crippen molar-refractivity contribution in [2.45, 2.75) is 12.8 Å². The molecule has 13 heavy (non-hydrogen) atoms. The van der Waals surface area contributed by atoms with Gasteiger partial charge in [0.2, 0.25) is 0 Å². The first-order valence-electron chi connectivity index (χ1n) is 3.96. The van der Waals surface area contributed by atoms with Gasteiger partial charge in [-0.1, -0.05) is 0 Å². The minimum atomic E-state index is -0.840. The fourth-order valence-corrected chi connectivity index (χ4v) is 1.07. The Bertz CT molecular complexity index is 276. The normalized spacial score (nSPS) is 10.3. The van der Waals surface area contributed by atoms with Gasteiger partial charge in [-0.05, 0) is 30.5 Å². The first-order chi connectivity index (χ1) is 6.15. The molecule has 0 atom stereocenters. The SMILES string of the molecule is OCCCc1cc(O)c(O)c(F)c1. The van der Waals surface area contributed by atoms with Crippen LogP contribution in [-0.4, -0.2) is 21.9 Å². The third-order valence-electron chi connectivity index (χ3n) is 1.73. The third-order valence-corrected chi connectivity index (χ3v) is 1.73. The fourth-order valence-electron chi connectivity index (χ4n) is 1.07. The highest BCUT2D eigenvalue weighted by atomic mass is 19.1. The molecule has 3 nitrogen and oxygen atoms in total. The number of halogens is 1. The van der Waals surface area contributed by atoms with Crippen molar-refractivity contribution in [3.8, 4) is 11.5 Å². The van der Waals surface area contributed by atoms with Crippen LogP contribution in [0.25, 0.3) is 0 Å². The van der Waals surface area contributed by atoms with Crippen molar-refractivity contribution in [2.75, 3.05) is 6.61 Å². The predicted molar refractivity (Wildman–Crippen MR) is 45.1 cm³/mol. The van der Waals surface area contributed by atoms with Crippen LogP contribution in [0.15, 0.2) is 12.1 Å². The summed E-state index contributed by atoms with van der Waals surface area (Å²) >= 11 is 0. The first-order valence-corrected chi connectivity index (χ1v) is 3.96. The van der Waals surface area contributed by atoms with Gasteiger partial charge in [0.25, 0.3) is 0 Å². The lowest BCUT2D eigenvalue weighted by atomic mass is 10.1. The maximum absolute atomic E-state index is 12.8. The smallest absolute Gasteiger partial charge is 0.194 e. The molecular formula is C9H11FO3. The van der Waals surface area contributed by atoms with Gasteiger partial charge in [0.1, 0.15) is 0 Å². The van der Waals surface area contributed by atoms with Crippen molar-refractivity contribution in [3.63, 3.8) is 0 Å². The summed E-state index contributed by atoms with van der Waals surface area (Å²) in [6.07, 6.45) is 0.977. The number of hydrogen-bond acceptors (Lipinski definition) is 3. The third kappa shape index (κ3) is 2.32. The molecule has 0 bridgehead atoms. The zero-order valence-electron chi connectivity index (χ0n) is 7.00. The molecule has 0 aliphatic carbocycles. The average Bonchev–Trinajstić information content (AvgIpc) is 2.10. The highest BCUT2D eigenvalue weighted by Crippen LogP contribution is 2.29. The van der Waals surface area contributed by atoms with Crippen LogP contribution in [0.2, 0.25) is 0 Å². The molecule has 0 heterocycles. The van der Waals surface area contributed by atoms with E-state index in [2.05, 4.69) is 0 Å². The van der Waals surface area contributed by atoms with E-state index < -0.39 is 17.3 Å². The van der Waals surface area contributed by atoms with Gasteiger partial charge >= 0.3 is 0 Å². The molecule has 0 aliphatic rings. The van der Waals surface area contributed by atoms with Crippen LogP contribution in [-0.2, 0) is 6.42 Å². The lowest BCUT2D eigenvalue weighted by molar-refractivity contribution is 0.288. The molecule has 4 heteroatoms. The van der Waals surface area contributed by atoms with Gasteiger partial charge in [0.05, 0.1) is 0 Å². The zero-order chi connectivity index (χ0) is 9.84. The Morgan fingerprint density at radius 3 is 2.46 bits per heavy atom.